The first-order valence-electron chi connectivity index (χ1n) is 37.2. The molecular weight excluding hydrogens is 1230 g/mol. The van der Waals surface area contributed by atoms with Gasteiger partial charge < -0.3 is 33.8 Å². The number of rotatable bonds is 70. The molecule has 0 aromatic rings. The first-order valence-corrected chi connectivity index (χ1v) is 40.2. The summed E-state index contributed by atoms with van der Waals surface area (Å²) in [6.45, 7) is 4.71. The summed E-state index contributed by atoms with van der Waals surface area (Å²) in [7, 11) is -9.94. The summed E-state index contributed by atoms with van der Waals surface area (Å²) >= 11 is 0. The van der Waals surface area contributed by atoms with Crippen molar-refractivity contribution >= 4 is 39.5 Å². The van der Waals surface area contributed by atoms with Crippen molar-refractivity contribution in [2.24, 2.45) is 0 Å². The molecule has 0 fully saturated rings. The van der Waals surface area contributed by atoms with E-state index in [4.69, 9.17) is 37.0 Å². The van der Waals surface area contributed by atoms with Gasteiger partial charge in [-0.3, -0.25) is 37.3 Å². The Hall–Kier alpha value is -3.50. The summed E-state index contributed by atoms with van der Waals surface area (Å²) in [4.78, 5) is 72.7. The number of esters is 4. The van der Waals surface area contributed by atoms with Crippen LogP contribution in [-0.4, -0.2) is 96.7 Å². The van der Waals surface area contributed by atoms with Crippen LogP contribution in [0.25, 0.3) is 0 Å². The molecular formula is C75H134O17P2. The highest BCUT2D eigenvalue weighted by Crippen LogP contribution is 2.45. The van der Waals surface area contributed by atoms with Crippen molar-refractivity contribution in [2.75, 3.05) is 39.6 Å². The Morgan fingerprint density at radius 2 is 0.553 bits per heavy atom. The SMILES string of the molecule is CCC/C=C\C/C=C\CCCCCCCC(=O)OCC(COP(=O)(O)OCC(O)COP(=O)(O)OCC(COC(=O)CCCCCCC/C=C\C/C=C\CCCCC)OC(=O)CCCCCCC/C=C\CCCCCCCC)OC(=O)CCCCCCC/C=C\CCCC. The Bertz CT molecular complexity index is 2070. The van der Waals surface area contributed by atoms with Crippen molar-refractivity contribution in [3.8, 4) is 0 Å². The number of carbonyl (C=O) groups excluding carboxylic acids is 4. The van der Waals surface area contributed by atoms with Gasteiger partial charge >= 0.3 is 39.5 Å². The number of hydrogen-bond donors (Lipinski definition) is 3. The van der Waals surface area contributed by atoms with Crippen molar-refractivity contribution in [1.29, 1.82) is 0 Å². The second-order valence-corrected chi connectivity index (χ2v) is 27.8. The van der Waals surface area contributed by atoms with Crippen molar-refractivity contribution in [3.05, 3.63) is 72.9 Å². The van der Waals surface area contributed by atoms with Gasteiger partial charge in [-0.25, -0.2) is 9.13 Å². The van der Waals surface area contributed by atoms with E-state index in [-0.39, 0.29) is 25.7 Å². The van der Waals surface area contributed by atoms with E-state index in [0.717, 1.165) is 173 Å². The van der Waals surface area contributed by atoms with E-state index in [1.54, 1.807) is 0 Å². The molecule has 0 saturated carbocycles. The summed E-state index contributed by atoms with van der Waals surface area (Å²) in [5.41, 5.74) is 0. The third-order valence-corrected chi connectivity index (χ3v) is 17.5. The number of phosphoric acid groups is 2. The molecule has 0 rings (SSSR count). The van der Waals surface area contributed by atoms with Crippen molar-refractivity contribution in [1.82, 2.24) is 0 Å². The number of unbranched alkanes of at least 4 members (excludes halogenated alkanes) is 32. The third-order valence-electron chi connectivity index (χ3n) is 15.6. The molecule has 19 heteroatoms. The van der Waals surface area contributed by atoms with Gasteiger partial charge in [0.1, 0.15) is 19.3 Å². The van der Waals surface area contributed by atoms with Crippen molar-refractivity contribution in [2.45, 2.75) is 341 Å². The van der Waals surface area contributed by atoms with E-state index < -0.39 is 97.5 Å². The van der Waals surface area contributed by atoms with E-state index in [1.807, 2.05) is 0 Å². The Kier molecular flexibility index (Phi) is 65.5. The van der Waals surface area contributed by atoms with Crippen LogP contribution in [-0.2, 0) is 65.4 Å². The lowest BCUT2D eigenvalue weighted by atomic mass is 10.1. The predicted octanol–water partition coefficient (Wildman–Crippen LogP) is 20.9. The maximum atomic E-state index is 13.1. The number of phosphoric ester groups is 2. The van der Waals surface area contributed by atoms with E-state index in [9.17, 15) is 43.2 Å². The smallest absolute Gasteiger partial charge is 0.462 e. The van der Waals surface area contributed by atoms with Gasteiger partial charge in [0.15, 0.2) is 12.2 Å². The van der Waals surface area contributed by atoms with Gasteiger partial charge in [0.2, 0.25) is 0 Å². The summed E-state index contributed by atoms with van der Waals surface area (Å²) in [6, 6.07) is 0. The highest BCUT2D eigenvalue weighted by atomic mass is 31.2. The number of allylic oxidation sites excluding steroid dienone is 12. The largest absolute Gasteiger partial charge is 0.472 e. The van der Waals surface area contributed by atoms with Gasteiger partial charge in [-0.1, -0.05) is 242 Å². The van der Waals surface area contributed by atoms with Gasteiger partial charge in [-0.15, -0.1) is 0 Å². The van der Waals surface area contributed by atoms with Crippen LogP contribution in [0.4, 0.5) is 0 Å². The van der Waals surface area contributed by atoms with Crippen LogP contribution in [0.3, 0.4) is 0 Å². The lowest BCUT2D eigenvalue weighted by Crippen LogP contribution is -2.30. The molecule has 17 nitrogen and oxygen atoms in total. The zero-order valence-electron chi connectivity index (χ0n) is 59.4. The topological polar surface area (TPSA) is 237 Å². The quantitative estimate of drug-likeness (QED) is 0.0169. The van der Waals surface area contributed by atoms with Gasteiger partial charge in [-0.2, -0.15) is 0 Å². The Balaban J connectivity index is 5.34. The van der Waals surface area contributed by atoms with Crippen LogP contribution in [0.1, 0.15) is 323 Å². The molecule has 0 aliphatic rings. The third kappa shape index (κ3) is 67.1. The minimum Gasteiger partial charge on any atom is -0.462 e. The molecule has 0 amide bonds. The fraction of sp³-hybridized carbons (Fsp3) is 0.787. The van der Waals surface area contributed by atoms with Crippen LogP contribution in [0.15, 0.2) is 72.9 Å². The van der Waals surface area contributed by atoms with Gasteiger partial charge in [-0.05, 0) is 128 Å². The Morgan fingerprint density at radius 1 is 0.298 bits per heavy atom. The Labute approximate surface area is 571 Å². The number of hydrogen-bond acceptors (Lipinski definition) is 15. The van der Waals surface area contributed by atoms with Gasteiger partial charge in [0.05, 0.1) is 26.4 Å². The molecule has 0 aliphatic carbocycles. The summed E-state index contributed by atoms with van der Waals surface area (Å²) in [5.74, 6) is -2.21. The van der Waals surface area contributed by atoms with E-state index in [1.165, 1.54) is 70.6 Å². The van der Waals surface area contributed by atoms with E-state index in [2.05, 4.69) is 101 Å². The molecule has 0 aromatic heterocycles. The number of aliphatic hydroxyl groups is 1. The van der Waals surface area contributed by atoms with Crippen LogP contribution >= 0.6 is 15.6 Å². The second kappa shape index (κ2) is 68.0. The summed E-state index contributed by atoms with van der Waals surface area (Å²) < 4.78 is 68.3. The zero-order valence-corrected chi connectivity index (χ0v) is 61.2. The molecule has 3 N–H and O–H groups in total. The molecule has 0 heterocycles. The molecule has 0 aromatic carbocycles. The first-order chi connectivity index (χ1) is 45.7. The molecule has 0 saturated heterocycles. The first kappa shape index (κ1) is 90.5. The maximum absolute atomic E-state index is 13.1. The predicted molar refractivity (Wildman–Crippen MR) is 381 cm³/mol. The van der Waals surface area contributed by atoms with Crippen molar-refractivity contribution in [3.63, 3.8) is 0 Å². The minimum absolute atomic E-state index is 0.0830. The van der Waals surface area contributed by atoms with Crippen LogP contribution in [0.2, 0.25) is 0 Å². The van der Waals surface area contributed by atoms with Gasteiger partial charge in [0, 0.05) is 25.7 Å². The van der Waals surface area contributed by atoms with Crippen LogP contribution in [0.5, 0.6) is 0 Å². The molecule has 0 bridgehead atoms. The molecule has 5 unspecified atom stereocenters. The normalized spacial score (nSPS) is 14.4. The molecule has 0 aliphatic heterocycles. The van der Waals surface area contributed by atoms with Gasteiger partial charge in [0.25, 0.3) is 0 Å². The molecule has 546 valence electrons. The fourth-order valence-electron chi connectivity index (χ4n) is 9.85. The molecule has 5 atom stereocenters. The average Bonchev–Trinajstić information content (AvgIpc) is 1.22. The van der Waals surface area contributed by atoms with Crippen LogP contribution in [0, 0.1) is 0 Å². The number of carbonyl (C=O) groups is 4. The molecule has 0 radical (unpaired) electrons. The molecule has 0 spiro atoms. The molecule has 94 heavy (non-hydrogen) atoms. The number of aliphatic hydroxyl groups excluding tert-OH is 1. The summed E-state index contributed by atoms with van der Waals surface area (Å²) in [6.07, 6.45) is 66.1. The summed E-state index contributed by atoms with van der Waals surface area (Å²) in [5, 5.41) is 10.6. The maximum Gasteiger partial charge on any atom is 0.472 e. The van der Waals surface area contributed by atoms with E-state index in [0.29, 0.717) is 25.7 Å². The standard InChI is InChI=1S/C75H134O17P2/c1-5-9-13-17-21-25-29-32-34-37-41-44-48-52-56-60-73(78)86-66-71(92-75(80)62-58-54-50-46-42-38-35-33-30-26-22-18-14-10-6-2)68-90-94(83,84)88-64-69(76)63-87-93(81,82)89-67-70(91-74(79)61-57-53-49-45-39-28-24-20-16-12-8-4)65-85-72(77)59-55-51-47-43-40-36-31-27-23-19-15-11-7-3/h15,19-21,24-25,27,31-35,69-71,76H,5-14,16-18,22-23,26,28-30,36-68H2,1-4H3,(H,81,82)(H,83,84)/b19-15-,24-20-,25-21-,31-27-,34-32-,35-33-. The lowest BCUT2D eigenvalue weighted by molar-refractivity contribution is -0.161. The monoisotopic (exact) mass is 1370 g/mol. The highest BCUT2D eigenvalue weighted by Gasteiger charge is 2.30. The van der Waals surface area contributed by atoms with Crippen LogP contribution < -0.4 is 0 Å². The number of ether oxygens (including phenoxy) is 4. The Morgan fingerprint density at radius 3 is 0.894 bits per heavy atom. The zero-order chi connectivity index (χ0) is 69.0. The minimum atomic E-state index is -4.97. The van der Waals surface area contributed by atoms with E-state index >= 15 is 0 Å². The average molecular weight is 1370 g/mol. The van der Waals surface area contributed by atoms with Crippen molar-refractivity contribution < 1.29 is 80.2 Å². The second-order valence-electron chi connectivity index (χ2n) is 24.9. The fourth-order valence-corrected chi connectivity index (χ4v) is 11.4. The highest BCUT2D eigenvalue weighted by molar-refractivity contribution is 7.47. The lowest BCUT2D eigenvalue weighted by Gasteiger charge is -2.21.